The molecule has 2 aromatic heterocycles. The van der Waals surface area contributed by atoms with Crippen LogP contribution in [0.25, 0.3) is 21.9 Å². The molecule has 8 rings (SSSR count). The molecule has 3 fully saturated rings. The van der Waals surface area contributed by atoms with Crippen LogP contribution >= 0.6 is 11.6 Å². The van der Waals surface area contributed by atoms with Gasteiger partial charge in [-0.2, -0.15) is 5.10 Å². The normalized spacial score (nSPS) is 21.0. The van der Waals surface area contributed by atoms with Gasteiger partial charge in [0.25, 0.3) is 5.91 Å². The van der Waals surface area contributed by atoms with E-state index in [4.69, 9.17) is 21.4 Å². The van der Waals surface area contributed by atoms with Crippen LogP contribution in [0, 0.1) is 5.92 Å². The summed E-state index contributed by atoms with van der Waals surface area (Å²) in [4.78, 5) is 55.9. The molecule has 1 aliphatic carbocycles. The lowest BCUT2D eigenvalue weighted by Crippen LogP contribution is -2.45. The maximum atomic E-state index is 13.5. The predicted octanol–water partition coefficient (Wildman–Crippen LogP) is 5.91. The number of amides is 3. The second kappa shape index (κ2) is 15.2. The summed E-state index contributed by atoms with van der Waals surface area (Å²) in [5.41, 5.74) is 4.11. The lowest BCUT2D eigenvalue weighted by molar-refractivity contribution is -0.135. The van der Waals surface area contributed by atoms with Crippen molar-refractivity contribution in [2.45, 2.75) is 69.5 Å². The van der Waals surface area contributed by atoms with Gasteiger partial charge in [0.2, 0.25) is 11.8 Å². The standard InChI is InChI=1S/C41H47ClN8O5/c1-46(27-17-19-48(20-18-27)33-9-6-10-34-38(33)47(2)41(54)50(34)35-15-16-37(51)44-40(35)53)23-25-11-13-28(14-12-25)49-24-26-21-32(36(55-3)22-31(26)45-49)43-39(52)29-7-4-5-8-30(29)42/h4-10,21-22,24-25,27-28,35H,11-20,23H2,1-3H3,(H,43,52)(H,44,51,53). The van der Waals surface area contributed by atoms with E-state index >= 15 is 0 Å². The Morgan fingerprint density at radius 2 is 1.76 bits per heavy atom. The number of carbonyl (C=O) groups excluding carboxylic acids is 3. The van der Waals surface area contributed by atoms with Gasteiger partial charge in [0.1, 0.15) is 11.8 Å². The van der Waals surface area contributed by atoms with Crippen molar-refractivity contribution < 1.29 is 19.1 Å². The summed E-state index contributed by atoms with van der Waals surface area (Å²) in [7, 11) is 5.60. The summed E-state index contributed by atoms with van der Waals surface area (Å²) in [6, 6.07) is 16.8. The molecular weight excluding hydrogens is 720 g/mol. The highest BCUT2D eigenvalue weighted by atomic mass is 35.5. The van der Waals surface area contributed by atoms with Gasteiger partial charge >= 0.3 is 5.69 Å². The molecule has 1 unspecified atom stereocenters. The van der Waals surface area contributed by atoms with E-state index < -0.39 is 11.9 Å². The number of hydrogen-bond acceptors (Lipinski definition) is 8. The molecule has 14 heteroatoms. The first-order chi connectivity index (χ1) is 26.6. The van der Waals surface area contributed by atoms with Crippen LogP contribution in [0.4, 0.5) is 11.4 Å². The number of rotatable bonds is 9. The number of nitrogens with one attached hydrogen (secondary N) is 2. The van der Waals surface area contributed by atoms with Crippen LogP contribution in [-0.4, -0.2) is 81.4 Å². The van der Waals surface area contributed by atoms with Crippen molar-refractivity contribution >= 4 is 62.6 Å². The zero-order valence-corrected chi connectivity index (χ0v) is 32.2. The lowest BCUT2D eigenvalue weighted by Gasteiger charge is -2.40. The molecule has 4 heterocycles. The van der Waals surface area contributed by atoms with Crippen molar-refractivity contribution in [2.75, 3.05) is 44.0 Å². The highest BCUT2D eigenvalue weighted by Crippen LogP contribution is 2.37. The van der Waals surface area contributed by atoms with Gasteiger partial charge in [-0.15, -0.1) is 0 Å². The SMILES string of the molecule is COc1cc2nn(C3CCC(CN(C)C4CCN(c5cccc6c5n(C)c(=O)n6C5CCC(=O)NC5=O)CC4)CC3)cc2cc1NC(=O)c1ccccc1Cl. The number of para-hydroxylation sites is 1. The first kappa shape index (κ1) is 36.8. The van der Waals surface area contributed by atoms with E-state index in [0.29, 0.717) is 46.4 Å². The van der Waals surface area contributed by atoms with Crippen LogP contribution in [-0.2, 0) is 16.6 Å². The summed E-state index contributed by atoms with van der Waals surface area (Å²) in [5.74, 6) is 0.149. The molecule has 3 amide bonds. The quantitative estimate of drug-likeness (QED) is 0.177. The van der Waals surface area contributed by atoms with Gasteiger partial charge in [0.05, 0.1) is 51.7 Å². The molecule has 288 valence electrons. The number of anilines is 2. The average Bonchev–Trinajstić information content (AvgIpc) is 3.72. The number of fused-ring (bicyclic) bond motifs is 2. The van der Waals surface area contributed by atoms with E-state index in [9.17, 15) is 19.2 Å². The second-order valence-electron chi connectivity index (χ2n) is 15.3. The van der Waals surface area contributed by atoms with Gasteiger partial charge in [0, 0.05) is 56.8 Å². The number of ether oxygens (including phenoxy) is 1. The van der Waals surface area contributed by atoms with Crippen molar-refractivity contribution in [3.8, 4) is 5.75 Å². The molecule has 13 nitrogen and oxygen atoms in total. The summed E-state index contributed by atoms with van der Waals surface area (Å²) in [6.07, 6.45) is 9.03. The van der Waals surface area contributed by atoms with Gasteiger partial charge < -0.3 is 19.9 Å². The number of piperidine rings is 2. The van der Waals surface area contributed by atoms with E-state index in [1.54, 1.807) is 47.6 Å². The predicted molar refractivity (Wildman–Crippen MR) is 213 cm³/mol. The fraction of sp³-hybridized carbons (Fsp3) is 0.439. The molecule has 2 saturated heterocycles. The molecule has 0 radical (unpaired) electrons. The van der Waals surface area contributed by atoms with Crippen LogP contribution in [0.3, 0.4) is 0 Å². The number of hydrogen-bond donors (Lipinski definition) is 2. The third-order valence-electron chi connectivity index (χ3n) is 12.0. The number of imidazole rings is 1. The summed E-state index contributed by atoms with van der Waals surface area (Å²) in [5, 5.41) is 11.6. The molecule has 0 spiro atoms. The topological polar surface area (TPSA) is 136 Å². The van der Waals surface area contributed by atoms with Crippen LogP contribution in [0.1, 0.15) is 73.8 Å². The summed E-state index contributed by atoms with van der Waals surface area (Å²) < 4.78 is 10.9. The van der Waals surface area contributed by atoms with Crippen molar-refractivity contribution in [1.82, 2.24) is 29.1 Å². The van der Waals surface area contributed by atoms with Gasteiger partial charge in [-0.25, -0.2) is 4.79 Å². The molecule has 3 aliphatic rings. The molecule has 0 bridgehead atoms. The van der Waals surface area contributed by atoms with Crippen LogP contribution < -0.4 is 26.0 Å². The van der Waals surface area contributed by atoms with E-state index in [-0.39, 0.29) is 23.9 Å². The van der Waals surface area contributed by atoms with E-state index in [1.165, 1.54) is 0 Å². The Bertz CT molecular complexity index is 2330. The van der Waals surface area contributed by atoms with Crippen molar-refractivity contribution in [3.05, 3.63) is 81.9 Å². The maximum Gasteiger partial charge on any atom is 0.329 e. The molecule has 2 aliphatic heterocycles. The number of nitrogens with zero attached hydrogens (tertiary/aromatic N) is 6. The summed E-state index contributed by atoms with van der Waals surface area (Å²) in [6.45, 7) is 2.81. The largest absolute Gasteiger partial charge is 0.494 e. The zero-order chi connectivity index (χ0) is 38.4. The van der Waals surface area contributed by atoms with Gasteiger partial charge in [-0.05, 0) is 88.2 Å². The number of benzene rings is 3. The number of methoxy groups -OCH3 is 1. The van der Waals surface area contributed by atoms with Crippen molar-refractivity contribution in [1.29, 1.82) is 0 Å². The monoisotopic (exact) mass is 766 g/mol. The Labute approximate surface area is 324 Å². The molecule has 55 heavy (non-hydrogen) atoms. The summed E-state index contributed by atoms with van der Waals surface area (Å²) >= 11 is 6.26. The van der Waals surface area contributed by atoms with E-state index in [1.807, 2.05) is 24.3 Å². The van der Waals surface area contributed by atoms with Gasteiger partial charge in [0.15, 0.2) is 0 Å². The van der Waals surface area contributed by atoms with Crippen LogP contribution in [0.5, 0.6) is 5.75 Å². The van der Waals surface area contributed by atoms with Gasteiger partial charge in [-0.3, -0.25) is 33.5 Å². The molecule has 5 aromatic rings. The van der Waals surface area contributed by atoms with Crippen LogP contribution in [0.15, 0.2) is 65.6 Å². The first-order valence-electron chi connectivity index (χ1n) is 19.2. The number of halogens is 1. The smallest absolute Gasteiger partial charge is 0.329 e. The maximum absolute atomic E-state index is 13.5. The third-order valence-corrected chi connectivity index (χ3v) is 12.3. The molecular formula is C41H47ClN8O5. The highest BCUT2D eigenvalue weighted by molar-refractivity contribution is 6.34. The highest BCUT2D eigenvalue weighted by Gasteiger charge is 2.33. The molecule has 1 atom stereocenters. The Morgan fingerprint density at radius 3 is 2.49 bits per heavy atom. The number of aryl methyl sites for hydroxylation is 1. The number of carbonyl (C=O) groups is 3. The third kappa shape index (κ3) is 7.11. The van der Waals surface area contributed by atoms with Crippen molar-refractivity contribution in [3.63, 3.8) is 0 Å². The Balaban J connectivity index is 0.869. The van der Waals surface area contributed by atoms with E-state index in [2.05, 4.69) is 44.4 Å². The molecule has 3 aromatic carbocycles. The fourth-order valence-electron chi connectivity index (χ4n) is 8.96. The fourth-order valence-corrected chi connectivity index (χ4v) is 9.18. The Hall–Kier alpha value is -5.14. The van der Waals surface area contributed by atoms with Gasteiger partial charge in [-0.1, -0.05) is 29.8 Å². The Kier molecular flexibility index (Phi) is 10.2. The van der Waals surface area contributed by atoms with Crippen molar-refractivity contribution in [2.24, 2.45) is 13.0 Å². The minimum absolute atomic E-state index is 0.218. The average molecular weight is 767 g/mol. The lowest BCUT2D eigenvalue weighted by atomic mass is 9.85. The number of aromatic nitrogens is 4. The minimum Gasteiger partial charge on any atom is -0.494 e. The minimum atomic E-state index is -0.697. The second-order valence-corrected chi connectivity index (χ2v) is 15.7. The van der Waals surface area contributed by atoms with Crippen LogP contribution in [0.2, 0.25) is 5.02 Å². The molecule has 2 N–H and O–H groups in total. The van der Waals surface area contributed by atoms with E-state index in [0.717, 1.165) is 85.8 Å². The zero-order valence-electron chi connectivity index (χ0n) is 31.5. The molecule has 1 saturated carbocycles. The first-order valence-corrected chi connectivity index (χ1v) is 19.6. The number of imide groups is 1. The Morgan fingerprint density at radius 1 is 1.00 bits per heavy atom.